The molecule has 1 N–H and O–H groups in total. The molecule has 5 atom stereocenters. The second kappa shape index (κ2) is 19.8. The molecule has 0 saturated carbocycles. The number of hydrogen-bond acceptors (Lipinski definition) is 13. The second-order valence-electron chi connectivity index (χ2n) is 13.2. The van der Waals surface area contributed by atoms with E-state index in [-0.39, 0.29) is 45.1 Å². The smallest absolute Gasteiger partial charge is 0.338 e. The van der Waals surface area contributed by atoms with E-state index in [1.807, 2.05) is 0 Å². The van der Waals surface area contributed by atoms with Crippen molar-refractivity contribution in [1.29, 1.82) is 0 Å². The van der Waals surface area contributed by atoms with Crippen molar-refractivity contribution in [3.63, 3.8) is 0 Å². The number of ether oxygens (including phenoxy) is 8. The Labute approximate surface area is 344 Å². The number of aliphatic carboxylic acids is 1. The highest BCUT2D eigenvalue weighted by molar-refractivity contribution is 5.92. The first-order chi connectivity index (χ1) is 29.1. The minimum absolute atomic E-state index is 0.0170. The molecular weight excluding hydrogens is 776 g/mol. The Morgan fingerprint density at radius 2 is 0.983 bits per heavy atom. The van der Waals surface area contributed by atoms with Crippen molar-refractivity contribution in [2.75, 3.05) is 20.8 Å². The van der Waals surface area contributed by atoms with E-state index in [1.165, 1.54) is 75.8 Å². The summed E-state index contributed by atoms with van der Waals surface area (Å²) in [6.07, 6.45) is -6.76. The Bertz CT molecular complexity index is 2290. The molecule has 0 spiro atoms. The van der Waals surface area contributed by atoms with E-state index >= 15 is 0 Å². The van der Waals surface area contributed by atoms with Crippen molar-refractivity contribution < 1.29 is 67.0 Å². The molecule has 0 aromatic heterocycles. The zero-order valence-electron chi connectivity index (χ0n) is 32.6. The van der Waals surface area contributed by atoms with E-state index in [1.54, 1.807) is 84.9 Å². The largest absolute Gasteiger partial charge is 0.493 e. The lowest BCUT2D eigenvalue weighted by atomic mass is 9.97. The quantitative estimate of drug-likeness (QED) is 0.0660. The summed E-state index contributed by atoms with van der Waals surface area (Å²) >= 11 is 0. The molecule has 1 fully saturated rings. The molecule has 60 heavy (non-hydrogen) atoms. The summed E-state index contributed by atoms with van der Waals surface area (Å²) in [5.74, 6) is -4.54. The van der Waals surface area contributed by atoms with Crippen molar-refractivity contribution >= 4 is 35.9 Å². The number of rotatable bonds is 15. The van der Waals surface area contributed by atoms with Crippen molar-refractivity contribution in [3.05, 3.63) is 167 Å². The maximum Gasteiger partial charge on any atom is 0.338 e. The van der Waals surface area contributed by atoms with Gasteiger partial charge in [0, 0.05) is 5.57 Å². The van der Waals surface area contributed by atoms with Gasteiger partial charge in [-0.1, -0.05) is 72.8 Å². The SMILES string of the molecule is COc1cc(C=C(C)C(=O)O)cc(OC)c1O[C@@H]1O[C@H](COC(=O)c2ccccc2)[C@@H](OC(=O)c2ccccc2)[C@H](OC(=O)c2ccccc2)[C@H]1OC(=O)c1ccccc1. The van der Waals surface area contributed by atoms with E-state index in [0.717, 1.165) is 0 Å². The summed E-state index contributed by atoms with van der Waals surface area (Å²) in [6.45, 7) is 0.835. The second-order valence-corrected chi connectivity index (χ2v) is 13.2. The average molecular weight is 817 g/mol. The highest BCUT2D eigenvalue weighted by Gasteiger charge is 2.54. The topological polar surface area (TPSA) is 179 Å². The van der Waals surface area contributed by atoms with Crippen LogP contribution in [0.5, 0.6) is 17.2 Å². The van der Waals surface area contributed by atoms with Crippen LogP contribution in [0.15, 0.2) is 139 Å². The minimum atomic E-state index is -1.72. The first kappa shape index (κ1) is 42.2. The maximum atomic E-state index is 14.0. The molecule has 1 aliphatic heterocycles. The Morgan fingerprint density at radius 1 is 0.583 bits per heavy atom. The minimum Gasteiger partial charge on any atom is -0.493 e. The van der Waals surface area contributed by atoms with E-state index in [4.69, 9.17) is 37.9 Å². The van der Waals surface area contributed by atoms with Gasteiger partial charge in [-0.3, -0.25) is 0 Å². The van der Waals surface area contributed by atoms with E-state index in [9.17, 15) is 29.1 Å². The zero-order valence-corrected chi connectivity index (χ0v) is 32.6. The van der Waals surface area contributed by atoms with Crippen LogP contribution >= 0.6 is 0 Å². The summed E-state index contributed by atoms with van der Waals surface area (Å²) in [5.41, 5.74) is 0.954. The van der Waals surface area contributed by atoms with Gasteiger partial charge < -0.3 is 43.0 Å². The van der Waals surface area contributed by atoms with Crippen LogP contribution in [0.25, 0.3) is 6.08 Å². The monoisotopic (exact) mass is 816 g/mol. The van der Waals surface area contributed by atoms with Gasteiger partial charge in [0.1, 0.15) is 12.7 Å². The van der Waals surface area contributed by atoms with Gasteiger partial charge in [-0.15, -0.1) is 0 Å². The summed E-state index contributed by atoms with van der Waals surface area (Å²) in [5, 5.41) is 9.51. The molecule has 0 aliphatic carbocycles. The van der Waals surface area contributed by atoms with E-state index in [2.05, 4.69) is 0 Å². The van der Waals surface area contributed by atoms with Crippen LogP contribution in [0.2, 0.25) is 0 Å². The lowest BCUT2D eigenvalue weighted by Crippen LogP contribution is -2.64. The van der Waals surface area contributed by atoms with Gasteiger partial charge in [-0.2, -0.15) is 0 Å². The van der Waals surface area contributed by atoms with Crippen molar-refractivity contribution in [3.8, 4) is 17.2 Å². The average Bonchev–Trinajstić information content (AvgIpc) is 3.28. The molecule has 0 bridgehead atoms. The van der Waals surface area contributed by atoms with Crippen LogP contribution in [0.1, 0.15) is 53.9 Å². The molecule has 14 nitrogen and oxygen atoms in total. The van der Waals surface area contributed by atoms with Crippen molar-refractivity contribution in [2.24, 2.45) is 0 Å². The lowest BCUT2D eigenvalue weighted by Gasteiger charge is -2.44. The van der Waals surface area contributed by atoms with Crippen LogP contribution in [-0.4, -0.2) is 86.5 Å². The third-order valence-electron chi connectivity index (χ3n) is 9.17. The highest BCUT2D eigenvalue weighted by Crippen LogP contribution is 2.42. The fourth-order valence-electron chi connectivity index (χ4n) is 6.15. The first-order valence-corrected chi connectivity index (χ1v) is 18.6. The summed E-state index contributed by atoms with van der Waals surface area (Å²) in [7, 11) is 2.67. The first-order valence-electron chi connectivity index (χ1n) is 18.6. The molecule has 5 aromatic rings. The molecule has 14 heteroatoms. The summed E-state index contributed by atoms with van der Waals surface area (Å²) < 4.78 is 48.3. The van der Waals surface area contributed by atoms with E-state index in [0.29, 0.717) is 5.56 Å². The summed E-state index contributed by atoms with van der Waals surface area (Å²) in [4.78, 5) is 66.6. The normalized spacial score (nSPS) is 18.6. The number of benzene rings is 5. The Balaban J connectivity index is 1.49. The molecule has 6 rings (SSSR count). The van der Waals surface area contributed by atoms with Crippen LogP contribution in [-0.2, 0) is 28.5 Å². The van der Waals surface area contributed by atoms with Crippen molar-refractivity contribution in [1.82, 2.24) is 0 Å². The standard InChI is InChI=1S/C46H40O14/c1-28(41(47)48)24-29-25-34(53-2)37(35(26-29)54-3)60-46-40(59-45(52)33-22-14-7-15-23-33)39(58-44(51)32-20-12-6-13-21-32)38(57-43(50)31-18-10-5-11-19-31)36(56-46)27-55-42(49)30-16-8-4-9-17-30/h4-26,36,38-40,46H,27H2,1-3H3,(H,47,48)/t36-,38-,39+,40-,46+/m1/s1. The molecule has 0 amide bonds. The maximum absolute atomic E-state index is 14.0. The van der Waals surface area contributed by atoms with Crippen LogP contribution < -0.4 is 14.2 Å². The van der Waals surface area contributed by atoms with Gasteiger partial charge in [0.15, 0.2) is 23.7 Å². The number of carboxylic acids is 1. The Hall–Kier alpha value is -7.45. The molecular formula is C46H40O14. The van der Waals surface area contributed by atoms with Crippen molar-refractivity contribution in [2.45, 2.75) is 37.6 Å². The third kappa shape index (κ3) is 10.3. The number of carboxylic acid groups (broad SMARTS) is 1. The molecule has 5 aromatic carbocycles. The fourth-order valence-corrected chi connectivity index (χ4v) is 6.15. The molecule has 0 radical (unpaired) electrons. The number of carbonyl (C=O) groups excluding carboxylic acids is 4. The number of methoxy groups -OCH3 is 2. The zero-order chi connectivity index (χ0) is 42.6. The van der Waals surface area contributed by atoms with Gasteiger partial charge in [0.25, 0.3) is 0 Å². The number of hydrogen-bond donors (Lipinski definition) is 1. The molecule has 308 valence electrons. The van der Waals surface area contributed by atoms with Gasteiger partial charge in [0.2, 0.25) is 18.1 Å². The highest BCUT2D eigenvalue weighted by atomic mass is 16.7. The fraction of sp³-hybridized carbons (Fsp3) is 0.196. The summed E-state index contributed by atoms with van der Waals surface area (Å²) in [6, 6.07) is 34.9. The van der Waals surface area contributed by atoms with Gasteiger partial charge in [0.05, 0.1) is 36.5 Å². The van der Waals surface area contributed by atoms with Crippen LogP contribution in [0, 0.1) is 0 Å². The predicted octanol–water partition coefficient (Wildman–Crippen LogP) is 6.83. The predicted molar refractivity (Wildman–Crippen MR) is 214 cm³/mol. The number of carbonyl (C=O) groups is 5. The van der Waals surface area contributed by atoms with Crippen LogP contribution in [0.3, 0.4) is 0 Å². The Kier molecular flexibility index (Phi) is 13.9. The number of esters is 4. The van der Waals surface area contributed by atoms with E-state index < -0.39 is 67.2 Å². The van der Waals surface area contributed by atoms with Gasteiger partial charge in [-0.25, -0.2) is 24.0 Å². The van der Waals surface area contributed by atoms with Gasteiger partial charge >= 0.3 is 29.8 Å². The molecule has 0 unspecified atom stereocenters. The lowest BCUT2D eigenvalue weighted by molar-refractivity contribution is -0.275. The molecule has 1 heterocycles. The molecule has 1 saturated heterocycles. The Morgan fingerprint density at radius 3 is 1.40 bits per heavy atom. The van der Waals surface area contributed by atoms with Crippen LogP contribution in [0.4, 0.5) is 0 Å². The van der Waals surface area contributed by atoms with Gasteiger partial charge in [-0.05, 0) is 79.2 Å². The third-order valence-corrected chi connectivity index (χ3v) is 9.17. The molecule has 1 aliphatic rings.